The second-order valence-electron chi connectivity index (χ2n) is 6.38. The SMILES string of the molecule is CCC(CC)(CN)C(=O)N1CCn2c(nnc2-c2ccccc2)C1. The van der Waals surface area contributed by atoms with Crippen LogP contribution >= 0.6 is 0 Å². The van der Waals surface area contributed by atoms with Crippen molar-refractivity contribution in [1.29, 1.82) is 0 Å². The molecule has 0 spiro atoms. The van der Waals surface area contributed by atoms with Crippen molar-refractivity contribution < 1.29 is 4.79 Å². The zero-order valence-electron chi connectivity index (χ0n) is 14.4. The molecule has 1 aliphatic rings. The molecule has 2 aromatic rings. The summed E-state index contributed by atoms with van der Waals surface area (Å²) >= 11 is 0. The molecule has 1 aromatic carbocycles. The first kappa shape index (κ1) is 16.6. The highest BCUT2D eigenvalue weighted by atomic mass is 16.2. The lowest BCUT2D eigenvalue weighted by Gasteiger charge is -2.37. The van der Waals surface area contributed by atoms with Gasteiger partial charge in [0.1, 0.15) is 0 Å². The lowest BCUT2D eigenvalue weighted by molar-refractivity contribution is -0.143. The molecule has 0 atom stereocenters. The Morgan fingerprint density at radius 2 is 1.88 bits per heavy atom. The zero-order valence-corrected chi connectivity index (χ0v) is 14.4. The van der Waals surface area contributed by atoms with Crippen LogP contribution in [-0.2, 0) is 17.9 Å². The van der Waals surface area contributed by atoms with Crippen LogP contribution in [0.15, 0.2) is 30.3 Å². The van der Waals surface area contributed by atoms with Crippen LogP contribution in [0.5, 0.6) is 0 Å². The maximum absolute atomic E-state index is 13.0. The fraction of sp³-hybridized carbons (Fsp3) is 0.500. The van der Waals surface area contributed by atoms with E-state index >= 15 is 0 Å². The van der Waals surface area contributed by atoms with Crippen molar-refractivity contribution in [3.05, 3.63) is 36.2 Å². The van der Waals surface area contributed by atoms with Crippen molar-refractivity contribution in [2.75, 3.05) is 13.1 Å². The topological polar surface area (TPSA) is 77.0 Å². The van der Waals surface area contributed by atoms with Crippen LogP contribution < -0.4 is 5.73 Å². The first-order chi connectivity index (χ1) is 11.6. The van der Waals surface area contributed by atoms with E-state index in [4.69, 9.17) is 5.73 Å². The Kier molecular flexibility index (Phi) is 4.66. The minimum Gasteiger partial charge on any atom is -0.333 e. The minimum absolute atomic E-state index is 0.144. The van der Waals surface area contributed by atoms with E-state index in [0.717, 1.165) is 30.1 Å². The number of hydrogen-bond donors (Lipinski definition) is 1. The summed E-state index contributed by atoms with van der Waals surface area (Å²) < 4.78 is 2.11. The van der Waals surface area contributed by atoms with Gasteiger partial charge in [0.15, 0.2) is 11.6 Å². The first-order valence-electron chi connectivity index (χ1n) is 8.62. The highest BCUT2D eigenvalue weighted by molar-refractivity contribution is 5.83. The molecule has 0 unspecified atom stereocenters. The van der Waals surface area contributed by atoms with E-state index in [0.29, 0.717) is 26.2 Å². The molecule has 1 amide bonds. The van der Waals surface area contributed by atoms with Crippen LogP contribution in [0.3, 0.4) is 0 Å². The van der Waals surface area contributed by atoms with Gasteiger partial charge in [0, 0.05) is 25.2 Å². The van der Waals surface area contributed by atoms with Gasteiger partial charge in [-0.1, -0.05) is 44.2 Å². The number of rotatable bonds is 5. The monoisotopic (exact) mass is 327 g/mol. The van der Waals surface area contributed by atoms with Crippen LogP contribution in [0.2, 0.25) is 0 Å². The summed E-state index contributed by atoms with van der Waals surface area (Å²) in [5.74, 6) is 1.85. The average Bonchev–Trinajstić information content (AvgIpc) is 3.07. The van der Waals surface area contributed by atoms with Gasteiger partial charge in [-0.25, -0.2) is 0 Å². The van der Waals surface area contributed by atoms with Crippen molar-refractivity contribution >= 4 is 5.91 Å². The number of aromatic nitrogens is 3. The third-order valence-electron chi connectivity index (χ3n) is 5.27. The molecule has 6 heteroatoms. The summed E-state index contributed by atoms with van der Waals surface area (Å²) in [6.07, 6.45) is 1.52. The third-order valence-corrected chi connectivity index (χ3v) is 5.27. The molecule has 2 heterocycles. The number of nitrogens with zero attached hydrogens (tertiary/aromatic N) is 4. The van der Waals surface area contributed by atoms with Crippen LogP contribution in [0.4, 0.5) is 0 Å². The molecule has 128 valence electrons. The van der Waals surface area contributed by atoms with Crippen molar-refractivity contribution in [3.63, 3.8) is 0 Å². The second-order valence-corrected chi connectivity index (χ2v) is 6.38. The van der Waals surface area contributed by atoms with Gasteiger partial charge >= 0.3 is 0 Å². The van der Waals surface area contributed by atoms with Gasteiger partial charge in [-0.15, -0.1) is 10.2 Å². The number of hydrogen-bond acceptors (Lipinski definition) is 4. The van der Waals surface area contributed by atoms with E-state index in [1.54, 1.807) is 0 Å². The van der Waals surface area contributed by atoms with E-state index in [2.05, 4.69) is 14.8 Å². The van der Waals surface area contributed by atoms with Crippen molar-refractivity contribution in [3.8, 4) is 11.4 Å². The molecular formula is C18H25N5O. The predicted molar refractivity (Wildman–Crippen MR) is 92.9 cm³/mol. The second kappa shape index (κ2) is 6.73. The standard InChI is InChI=1S/C18H25N5O/c1-3-18(4-2,13-19)17(24)22-10-11-23-15(12-22)20-21-16(23)14-8-6-5-7-9-14/h5-9H,3-4,10-13,19H2,1-2H3. The van der Waals surface area contributed by atoms with Gasteiger partial charge in [0.2, 0.25) is 5.91 Å². The summed E-state index contributed by atoms with van der Waals surface area (Å²) in [5, 5.41) is 8.65. The predicted octanol–water partition coefficient (Wildman–Crippen LogP) is 2.05. The smallest absolute Gasteiger partial charge is 0.230 e. The third kappa shape index (κ3) is 2.71. The van der Waals surface area contributed by atoms with Crippen molar-refractivity contribution in [2.45, 2.75) is 39.8 Å². The molecule has 1 aromatic heterocycles. The molecule has 0 fully saturated rings. The Hall–Kier alpha value is -2.21. The largest absolute Gasteiger partial charge is 0.333 e. The quantitative estimate of drug-likeness (QED) is 0.912. The van der Waals surface area contributed by atoms with Crippen LogP contribution in [0.25, 0.3) is 11.4 Å². The van der Waals surface area contributed by atoms with E-state index in [9.17, 15) is 4.79 Å². The summed E-state index contributed by atoms with van der Waals surface area (Å²) in [5.41, 5.74) is 6.53. The van der Waals surface area contributed by atoms with Crippen molar-refractivity contribution in [1.82, 2.24) is 19.7 Å². The number of nitrogens with two attached hydrogens (primary N) is 1. The van der Waals surface area contributed by atoms with Crippen LogP contribution in [0.1, 0.15) is 32.5 Å². The molecule has 24 heavy (non-hydrogen) atoms. The molecule has 1 aliphatic heterocycles. The van der Waals surface area contributed by atoms with Gasteiger partial charge in [-0.05, 0) is 12.8 Å². The summed E-state index contributed by atoms with van der Waals surface area (Å²) in [4.78, 5) is 14.9. The Labute approximate surface area is 142 Å². The van der Waals surface area contributed by atoms with Gasteiger partial charge in [0.05, 0.1) is 12.0 Å². The van der Waals surface area contributed by atoms with Gasteiger partial charge in [-0.2, -0.15) is 0 Å². The summed E-state index contributed by atoms with van der Waals surface area (Å²) in [6.45, 7) is 6.35. The molecule has 2 N–H and O–H groups in total. The molecule has 0 radical (unpaired) electrons. The molecule has 6 nitrogen and oxygen atoms in total. The van der Waals surface area contributed by atoms with Gasteiger partial charge < -0.3 is 15.2 Å². The molecule has 0 bridgehead atoms. The number of fused-ring (bicyclic) bond motifs is 1. The number of amides is 1. The minimum atomic E-state index is -0.454. The summed E-state index contributed by atoms with van der Waals surface area (Å²) in [7, 11) is 0. The first-order valence-corrected chi connectivity index (χ1v) is 8.62. The Bertz CT molecular complexity index is 697. The maximum atomic E-state index is 13.0. The van der Waals surface area contributed by atoms with Gasteiger partial charge in [0.25, 0.3) is 0 Å². The number of carbonyl (C=O) groups is 1. The Morgan fingerprint density at radius 3 is 2.50 bits per heavy atom. The highest BCUT2D eigenvalue weighted by Crippen LogP contribution is 2.30. The highest BCUT2D eigenvalue weighted by Gasteiger charge is 2.38. The van der Waals surface area contributed by atoms with E-state index in [1.165, 1.54) is 0 Å². The Balaban J connectivity index is 1.84. The van der Waals surface area contributed by atoms with E-state index in [1.807, 2.05) is 49.1 Å². The van der Waals surface area contributed by atoms with E-state index in [-0.39, 0.29) is 5.91 Å². The molecule has 0 saturated carbocycles. The van der Waals surface area contributed by atoms with E-state index < -0.39 is 5.41 Å². The molecule has 3 rings (SSSR count). The fourth-order valence-electron chi connectivity index (χ4n) is 3.40. The number of carbonyl (C=O) groups excluding carboxylic acids is 1. The lowest BCUT2D eigenvalue weighted by atomic mass is 9.81. The average molecular weight is 327 g/mol. The van der Waals surface area contributed by atoms with Crippen LogP contribution in [-0.4, -0.2) is 38.7 Å². The molecule has 0 aliphatic carbocycles. The fourth-order valence-corrected chi connectivity index (χ4v) is 3.40. The normalized spacial score (nSPS) is 14.5. The van der Waals surface area contributed by atoms with Crippen molar-refractivity contribution in [2.24, 2.45) is 11.1 Å². The van der Waals surface area contributed by atoms with Gasteiger partial charge in [-0.3, -0.25) is 4.79 Å². The summed E-state index contributed by atoms with van der Waals surface area (Å²) in [6, 6.07) is 10.0. The zero-order chi connectivity index (χ0) is 17.2. The van der Waals surface area contributed by atoms with Crippen LogP contribution in [0, 0.1) is 5.41 Å². The maximum Gasteiger partial charge on any atom is 0.230 e. The molecular weight excluding hydrogens is 302 g/mol. The Morgan fingerprint density at radius 1 is 1.17 bits per heavy atom. The molecule has 0 saturated heterocycles. The lowest BCUT2D eigenvalue weighted by Crippen LogP contribution is -2.49. The number of benzene rings is 1.